The molecule has 1 aromatic carbocycles. The van der Waals surface area contributed by atoms with E-state index in [0.717, 1.165) is 38.2 Å². The normalized spacial score (nSPS) is 16.0. The van der Waals surface area contributed by atoms with Gasteiger partial charge in [0.1, 0.15) is 18.0 Å². The first-order chi connectivity index (χ1) is 11.7. The number of hydrogen-bond donors (Lipinski definition) is 1. The van der Waals surface area contributed by atoms with Gasteiger partial charge in [-0.3, -0.25) is 0 Å². The van der Waals surface area contributed by atoms with Crippen molar-refractivity contribution in [2.75, 3.05) is 26.2 Å². The van der Waals surface area contributed by atoms with Crippen LogP contribution in [0.15, 0.2) is 18.2 Å². The van der Waals surface area contributed by atoms with E-state index in [-0.39, 0.29) is 6.09 Å². The molecule has 1 aliphatic heterocycles. The van der Waals surface area contributed by atoms with Gasteiger partial charge < -0.3 is 19.7 Å². The van der Waals surface area contributed by atoms with E-state index in [9.17, 15) is 4.79 Å². The maximum Gasteiger partial charge on any atom is 0.410 e. The van der Waals surface area contributed by atoms with Crippen molar-refractivity contribution in [3.05, 3.63) is 29.3 Å². The van der Waals surface area contributed by atoms with Crippen LogP contribution in [-0.4, -0.2) is 48.9 Å². The quantitative estimate of drug-likeness (QED) is 0.825. The zero-order valence-corrected chi connectivity index (χ0v) is 16.2. The van der Waals surface area contributed by atoms with Gasteiger partial charge in [-0.2, -0.15) is 0 Å². The minimum atomic E-state index is -0.433. The van der Waals surface area contributed by atoms with Gasteiger partial charge in [0, 0.05) is 25.7 Å². The second kappa shape index (κ2) is 8.56. The zero-order chi connectivity index (χ0) is 18.4. The highest BCUT2D eigenvalue weighted by molar-refractivity contribution is 5.68. The minimum Gasteiger partial charge on any atom is -0.492 e. The molecular formula is C20H32N2O3. The molecule has 0 unspecified atom stereocenters. The third kappa shape index (κ3) is 6.58. The van der Waals surface area contributed by atoms with Gasteiger partial charge in [0.25, 0.3) is 0 Å². The lowest BCUT2D eigenvalue weighted by atomic mass is 10.1. The van der Waals surface area contributed by atoms with Gasteiger partial charge in [-0.1, -0.05) is 6.07 Å². The lowest BCUT2D eigenvalue weighted by Gasteiger charge is -2.33. The molecule has 1 aliphatic rings. The van der Waals surface area contributed by atoms with Crippen molar-refractivity contribution < 1.29 is 14.3 Å². The third-order valence-corrected chi connectivity index (χ3v) is 4.43. The van der Waals surface area contributed by atoms with Gasteiger partial charge >= 0.3 is 6.09 Å². The van der Waals surface area contributed by atoms with Crippen LogP contribution in [0.2, 0.25) is 0 Å². The number of ether oxygens (including phenoxy) is 2. The molecule has 1 aromatic rings. The van der Waals surface area contributed by atoms with Crippen molar-refractivity contribution in [1.82, 2.24) is 10.2 Å². The summed E-state index contributed by atoms with van der Waals surface area (Å²) in [4.78, 5) is 13.9. The van der Waals surface area contributed by atoms with Gasteiger partial charge in [-0.05, 0) is 70.7 Å². The number of hydrogen-bond acceptors (Lipinski definition) is 4. The Labute approximate surface area is 151 Å². The van der Waals surface area contributed by atoms with E-state index in [1.807, 2.05) is 26.8 Å². The molecule has 0 spiro atoms. The number of piperidine rings is 1. The fraction of sp³-hybridized carbons (Fsp3) is 0.650. The van der Waals surface area contributed by atoms with Crippen LogP contribution in [-0.2, 0) is 4.74 Å². The summed E-state index contributed by atoms with van der Waals surface area (Å²) in [6.07, 6.45) is 1.69. The number of rotatable bonds is 5. The minimum absolute atomic E-state index is 0.205. The second-order valence-corrected chi connectivity index (χ2v) is 7.79. The number of likely N-dealkylation sites (tertiary alicyclic amines) is 1. The summed E-state index contributed by atoms with van der Waals surface area (Å²) in [6.45, 7) is 12.8. The number of amides is 1. The molecule has 0 saturated carbocycles. The molecule has 0 aromatic heterocycles. The average Bonchev–Trinajstić information content (AvgIpc) is 2.54. The van der Waals surface area contributed by atoms with Crippen LogP contribution in [0.25, 0.3) is 0 Å². The first kappa shape index (κ1) is 19.6. The SMILES string of the molecule is Cc1ccc(OCCNC2CCN(C(=O)OC(C)(C)C)CC2)cc1C. The number of nitrogens with one attached hydrogen (secondary N) is 1. The van der Waals surface area contributed by atoms with Gasteiger partial charge in [0.15, 0.2) is 0 Å². The molecule has 1 fully saturated rings. The van der Waals surface area contributed by atoms with Crippen LogP contribution >= 0.6 is 0 Å². The largest absolute Gasteiger partial charge is 0.492 e. The van der Waals surface area contributed by atoms with E-state index in [4.69, 9.17) is 9.47 Å². The molecule has 0 atom stereocenters. The molecule has 140 valence electrons. The first-order valence-corrected chi connectivity index (χ1v) is 9.16. The molecule has 1 amide bonds. The number of nitrogens with zero attached hydrogens (tertiary/aromatic N) is 1. The van der Waals surface area contributed by atoms with Crippen molar-refractivity contribution in [2.24, 2.45) is 0 Å². The molecule has 0 bridgehead atoms. The van der Waals surface area contributed by atoms with Crippen molar-refractivity contribution in [1.29, 1.82) is 0 Å². The smallest absolute Gasteiger partial charge is 0.410 e. The molecule has 0 radical (unpaired) electrons. The van der Waals surface area contributed by atoms with Crippen LogP contribution in [0.4, 0.5) is 4.79 Å². The Kier molecular flexibility index (Phi) is 6.71. The molecule has 2 rings (SSSR count). The Hall–Kier alpha value is -1.75. The summed E-state index contributed by atoms with van der Waals surface area (Å²) < 4.78 is 11.2. The van der Waals surface area contributed by atoms with Crippen molar-refractivity contribution in [3.8, 4) is 5.75 Å². The molecule has 25 heavy (non-hydrogen) atoms. The maximum atomic E-state index is 12.1. The standard InChI is InChI=1S/C20H32N2O3/c1-15-6-7-18(14-16(15)2)24-13-10-21-17-8-11-22(12-9-17)19(23)25-20(3,4)5/h6-7,14,17,21H,8-13H2,1-5H3. The maximum absolute atomic E-state index is 12.1. The molecule has 0 aliphatic carbocycles. The number of carbonyl (C=O) groups excluding carboxylic acids is 1. The topological polar surface area (TPSA) is 50.8 Å². The molecule has 1 saturated heterocycles. The fourth-order valence-electron chi connectivity index (χ4n) is 2.83. The Bertz CT molecular complexity index is 573. The summed E-state index contributed by atoms with van der Waals surface area (Å²) in [5.74, 6) is 0.921. The van der Waals surface area contributed by atoms with Crippen molar-refractivity contribution in [3.63, 3.8) is 0 Å². The summed E-state index contributed by atoms with van der Waals surface area (Å²) >= 11 is 0. The highest BCUT2D eigenvalue weighted by Gasteiger charge is 2.26. The predicted molar refractivity (Wildman–Crippen MR) is 100 cm³/mol. The Morgan fingerprint density at radius 1 is 1.20 bits per heavy atom. The van der Waals surface area contributed by atoms with Crippen LogP contribution in [0, 0.1) is 13.8 Å². The highest BCUT2D eigenvalue weighted by Crippen LogP contribution is 2.17. The summed E-state index contributed by atoms with van der Waals surface area (Å²) in [5, 5.41) is 3.52. The molecule has 5 heteroatoms. The van der Waals surface area contributed by atoms with Gasteiger partial charge in [0.2, 0.25) is 0 Å². The monoisotopic (exact) mass is 348 g/mol. The summed E-state index contributed by atoms with van der Waals surface area (Å²) in [6, 6.07) is 6.61. The Morgan fingerprint density at radius 3 is 2.48 bits per heavy atom. The summed E-state index contributed by atoms with van der Waals surface area (Å²) in [7, 11) is 0. The average molecular weight is 348 g/mol. The van der Waals surface area contributed by atoms with Crippen molar-refractivity contribution >= 4 is 6.09 Å². The van der Waals surface area contributed by atoms with Crippen LogP contribution in [0.1, 0.15) is 44.7 Å². The van der Waals surface area contributed by atoms with Crippen LogP contribution in [0.5, 0.6) is 5.75 Å². The molecular weight excluding hydrogens is 316 g/mol. The van der Waals surface area contributed by atoms with E-state index in [2.05, 4.69) is 31.3 Å². The highest BCUT2D eigenvalue weighted by atomic mass is 16.6. The zero-order valence-electron chi connectivity index (χ0n) is 16.2. The van der Waals surface area contributed by atoms with Crippen LogP contribution < -0.4 is 10.1 Å². The molecule has 1 heterocycles. The molecule has 5 nitrogen and oxygen atoms in total. The van der Waals surface area contributed by atoms with E-state index in [1.54, 1.807) is 4.90 Å². The van der Waals surface area contributed by atoms with E-state index in [0.29, 0.717) is 12.6 Å². The lowest BCUT2D eigenvalue weighted by Crippen LogP contribution is -2.47. The van der Waals surface area contributed by atoms with E-state index in [1.165, 1.54) is 11.1 Å². The number of benzene rings is 1. The van der Waals surface area contributed by atoms with E-state index < -0.39 is 5.60 Å². The first-order valence-electron chi connectivity index (χ1n) is 9.16. The van der Waals surface area contributed by atoms with E-state index >= 15 is 0 Å². The number of carbonyl (C=O) groups is 1. The summed E-state index contributed by atoms with van der Waals surface area (Å²) in [5.41, 5.74) is 2.10. The fourth-order valence-corrected chi connectivity index (χ4v) is 2.83. The van der Waals surface area contributed by atoms with Gasteiger partial charge in [-0.15, -0.1) is 0 Å². The third-order valence-electron chi connectivity index (χ3n) is 4.43. The van der Waals surface area contributed by atoms with Crippen molar-refractivity contribution in [2.45, 2.75) is 59.1 Å². The predicted octanol–water partition coefficient (Wildman–Crippen LogP) is 3.67. The van der Waals surface area contributed by atoms with Gasteiger partial charge in [-0.25, -0.2) is 4.79 Å². The van der Waals surface area contributed by atoms with Gasteiger partial charge in [0.05, 0.1) is 0 Å². The second-order valence-electron chi connectivity index (χ2n) is 7.79. The molecule has 1 N–H and O–H groups in total. The Morgan fingerprint density at radius 2 is 1.88 bits per heavy atom. The lowest BCUT2D eigenvalue weighted by molar-refractivity contribution is 0.0197. The Balaban J connectivity index is 1.64. The van der Waals surface area contributed by atoms with Crippen LogP contribution in [0.3, 0.4) is 0 Å². The number of aryl methyl sites for hydroxylation is 2.